The molecule has 6 rings (SSSR count). The number of hydrogen-bond acceptors (Lipinski definition) is 8. The summed E-state index contributed by atoms with van der Waals surface area (Å²) < 4.78 is 0.445. The third-order valence-electron chi connectivity index (χ3n) is 9.92. The number of nitrogens with one attached hydrogen (secondary N) is 1. The molecular weight excluding hydrogens is 639 g/mol. The van der Waals surface area contributed by atoms with Gasteiger partial charge in [0.2, 0.25) is 11.8 Å². The molecule has 3 aliphatic rings. The van der Waals surface area contributed by atoms with Gasteiger partial charge in [0.25, 0.3) is 0 Å². The summed E-state index contributed by atoms with van der Waals surface area (Å²) >= 11 is 14.0. The van der Waals surface area contributed by atoms with Crippen molar-refractivity contribution in [3.63, 3.8) is 0 Å². The average molecular weight is 681 g/mol. The smallest absolute Gasteiger partial charge is 0.221 e. The molecule has 0 radical (unpaired) electrons. The number of carbonyl (C=O) groups is 2. The minimum atomic E-state index is -0.393. The maximum Gasteiger partial charge on any atom is 0.221 e. The molecule has 2 fully saturated rings. The summed E-state index contributed by atoms with van der Waals surface area (Å²) in [5, 5.41) is 8.07. The second-order valence-corrected chi connectivity index (χ2v) is 13.9. The minimum absolute atomic E-state index is 0.232. The zero-order valence-corrected chi connectivity index (χ0v) is 28.3. The van der Waals surface area contributed by atoms with Gasteiger partial charge in [0, 0.05) is 81.2 Å². The number of aromatic amines is 1. The van der Waals surface area contributed by atoms with Gasteiger partial charge in [0.15, 0.2) is 5.69 Å². The lowest BCUT2D eigenvalue weighted by Gasteiger charge is -2.50. The Kier molecular flexibility index (Phi) is 9.30. The Morgan fingerprint density at radius 3 is 2.51 bits per heavy atom. The van der Waals surface area contributed by atoms with E-state index in [0.29, 0.717) is 60.0 Å². The summed E-state index contributed by atoms with van der Waals surface area (Å²) in [6.07, 6.45) is 14.4. The number of H-pyrrole nitrogens is 1. The number of primary amides is 2. The summed E-state index contributed by atoms with van der Waals surface area (Å²) in [5.41, 5.74) is 16.3. The van der Waals surface area contributed by atoms with E-state index in [-0.39, 0.29) is 29.8 Å². The topological polar surface area (TPSA) is 150 Å². The lowest BCUT2D eigenvalue weighted by Crippen LogP contribution is -2.59. The monoisotopic (exact) mass is 679 g/mol. The minimum Gasteiger partial charge on any atom is -0.369 e. The van der Waals surface area contributed by atoms with Crippen molar-refractivity contribution in [1.82, 2.24) is 29.5 Å². The number of nitrogens with zero attached hydrogens (tertiary/aromatic N) is 7. The van der Waals surface area contributed by atoms with Gasteiger partial charge < -0.3 is 21.3 Å². The zero-order chi connectivity index (χ0) is 33.5. The summed E-state index contributed by atoms with van der Waals surface area (Å²) in [5.74, 6) is -0.771. The maximum absolute atomic E-state index is 12.8. The quantitative estimate of drug-likeness (QED) is 0.305. The predicted molar refractivity (Wildman–Crippen MR) is 185 cm³/mol. The van der Waals surface area contributed by atoms with Gasteiger partial charge in [-0.05, 0) is 43.0 Å². The van der Waals surface area contributed by atoms with Crippen LogP contribution in [0.25, 0.3) is 11.1 Å². The number of amides is 2. The molecule has 5 unspecified atom stereocenters. The fraction of sp³-hybridized carbons (Fsp3) is 0.424. The highest BCUT2D eigenvalue weighted by Crippen LogP contribution is 2.44. The summed E-state index contributed by atoms with van der Waals surface area (Å²) in [6, 6.07) is 3.97. The molecule has 0 aliphatic carbocycles. The van der Waals surface area contributed by atoms with Crippen LogP contribution in [0.15, 0.2) is 66.0 Å². The first-order chi connectivity index (χ1) is 22.5. The van der Waals surface area contributed by atoms with E-state index in [0.717, 1.165) is 33.9 Å². The number of halogens is 2. The second-order valence-electron chi connectivity index (χ2n) is 13.1. The Morgan fingerprint density at radius 2 is 1.87 bits per heavy atom. The van der Waals surface area contributed by atoms with Crippen LogP contribution >= 0.6 is 23.2 Å². The highest BCUT2D eigenvalue weighted by atomic mass is 35.5. The number of likely N-dealkylation sites (tertiary alicyclic amines) is 1. The van der Waals surface area contributed by atoms with E-state index < -0.39 is 5.92 Å². The van der Waals surface area contributed by atoms with E-state index in [2.05, 4.69) is 43.1 Å². The summed E-state index contributed by atoms with van der Waals surface area (Å²) in [6.45, 7) is 2.32. The Balaban J connectivity index is 1.35. The van der Waals surface area contributed by atoms with Crippen LogP contribution in [0, 0.1) is 17.8 Å². The molecule has 2 amide bonds. The lowest BCUT2D eigenvalue weighted by atomic mass is 9.78. The van der Waals surface area contributed by atoms with Crippen LogP contribution in [-0.4, -0.2) is 90.4 Å². The third kappa shape index (κ3) is 6.47. The van der Waals surface area contributed by atoms with E-state index in [1.54, 1.807) is 18.6 Å². The van der Waals surface area contributed by atoms with Crippen molar-refractivity contribution in [2.24, 2.45) is 29.2 Å². The largest absolute Gasteiger partial charge is 0.369 e. The van der Waals surface area contributed by atoms with E-state index in [1.807, 2.05) is 49.7 Å². The highest BCUT2D eigenvalue weighted by molar-refractivity contribution is 6.34. The third-order valence-corrected chi connectivity index (χ3v) is 10.5. The number of carbonyl (C=O) groups excluding carboxylic acids is 2. The number of anilines is 2. The standard InChI is InChI=1S/C33H40Cl2N10O2/c1-42(2)29-5-4-21(13-39-29)25-16-38-17-27(34)31(25)44-10-6-20(32(36)46)12-30(44)43-9-7-24(33(37)47)26(18-43)23-8-11-45(3,19-28(23)35)22-14-40-41-15-22/h4-5,8,13-17,19-20,24,26,30H,6-7,9-12,18H2,1-3H3,(H4-,36,37,40,41,46,47)/p+1. The average Bonchev–Trinajstić information content (AvgIpc) is 3.61. The molecule has 5 N–H and O–H groups in total. The normalized spacial score (nSPS) is 26.8. The van der Waals surface area contributed by atoms with Crippen molar-refractivity contribution in [2.45, 2.75) is 25.4 Å². The number of aromatic nitrogens is 4. The van der Waals surface area contributed by atoms with Gasteiger partial charge in [0.05, 0.1) is 35.2 Å². The van der Waals surface area contributed by atoms with E-state index in [9.17, 15) is 9.59 Å². The molecule has 2 saturated heterocycles. The molecule has 14 heteroatoms. The fourth-order valence-electron chi connectivity index (χ4n) is 7.25. The molecule has 0 bridgehead atoms. The molecule has 3 aromatic heterocycles. The molecule has 0 spiro atoms. The van der Waals surface area contributed by atoms with Crippen molar-refractivity contribution in [2.75, 3.05) is 57.1 Å². The molecule has 6 heterocycles. The van der Waals surface area contributed by atoms with Gasteiger partial charge in [-0.1, -0.05) is 23.2 Å². The van der Waals surface area contributed by atoms with Crippen LogP contribution in [0.4, 0.5) is 17.2 Å². The first-order valence-corrected chi connectivity index (χ1v) is 16.5. The number of rotatable bonds is 8. The fourth-order valence-corrected chi connectivity index (χ4v) is 7.95. The van der Waals surface area contributed by atoms with Gasteiger partial charge in [-0.2, -0.15) is 5.10 Å². The lowest BCUT2D eigenvalue weighted by molar-refractivity contribution is -0.125. The first kappa shape index (κ1) is 33.0. The number of piperidine rings is 2. The van der Waals surface area contributed by atoms with Gasteiger partial charge in [-0.15, -0.1) is 0 Å². The number of hydrogen-bond donors (Lipinski definition) is 3. The molecule has 0 aromatic carbocycles. The van der Waals surface area contributed by atoms with Crippen LogP contribution in [0.1, 0.15) is 19.3 Å². The summed E-state index contributed by atoms with van der Waals surface area (Å²) in [7, 11) is 5.95. The number of nitrogens with two attached hydrogens (primary N) is 2. The molecule has 248 valence electrons. The maximum atomic E-state index is 12.8. The van der Waals surface area contributed by atoms with Crippen molar-refractivity contribution in [1.29, 1.82) is 0 Å². The summed E-state index contributed by atoms with van der Waals surface area (Å²) in [4.78, 5) is 41.0. The van der Waals surface area contributed by atoms with Crippen LogP contribution < -0.4 is 25.8 Å². The number of likely N-dealkylation sites (N-methyl/N-ethyl adjacent to an activating group) is 1. The number of pyridine rings is 2. The molecule has 5 atom stereocenters. The van der Waals surface area contributed by atoms with E-state index >= 15 is 0 Å². The molecule has 3 aromatic rings. The molecule has 47 heavy (non-hydrogen) atoms. The van der Waals surface area contributed by atoms with E-state index in [1.165, 1.54) is 0 Å². The van der Waals surface area contributed by atoms with Crippen LogP contribution in [0.3, 0.4) is 0 Å². The van der Waals surface area contributed by atoms with Gasteiger partial charge >= 0.3 is 0 Å². The van der Waals surface area contributed by atoms with Crippen LogP contribution in [0.2, 0.25) is 5.02 Å². The number of allylic oxidation sites excluding steroid dienone is 1. The molecule has 0 saturated carbocycles. The predicted octanol–water partition coefficient (Wildman–Crippen LogP) is 3.69. The van der Waals surface area contributed by atoms with Crippen molar-refractivity contribution >= 4 is 52.2 Å². The van der Waals surface area contributed by atoms with Gasteiger partial charge in [0.1, 0.15) is 24.8 Å². The Hall–Kier alpha value is -3.97. The second kappa shape index (κ2) is 13.3. The molecule has 12 nitrogen and oxygen atoms in total. The van der Waals surface area contributed by atoms with Crippen LogP contribution in [0.5, 0.6) is 0 Å². The van der Waals surface area contributed by atoms with Crippen molar-refractivity contribution in [3.8, 4) is 11.1 Å². The number of quaternary nitrogens is 1. The Bertz CT molecular complexity index is 1690. The van der Waals surface area contributed by atoms with Crippen molar-refractivity contribution < 1.29 is 9.59 Å². The van der Waals surface area contributed by atoms with Gasteiger partial charge in [-0.25, -0.2) is 4.98 Å². The SMILES string of the molecule is CN(C)c1ccc(-c2cncc(Cl)c2N2CCC(C(N)=O)CC2N2CCC(C(N)=O)C(C3=CC[N+](C)(c4cn[nH]c4)C=C3Cl)C2)cn1. The Labute approximate surface area is 284 Å². The van der Waals surface area contributed by atoms with E-state index in [4.69, 9.17) is 34.7 Å². The van der Waals surface area contributed by atoms with Gasteiger partial charge in [-0.3, -0.25) is 29.1 Å². The van der Waals surface area contributed by atoms with Crippen molar-refractivity contribution in [3.05, 3.63) is 71.0 Å². The zero-order valence-electron chi connectivity index (χ0n) is 26.8. The molecular formula is C33H41Cl2N10O2+. The highest BCUT2D eigenvalue weighted by Gasteiger charge is 2.44. The Morgan fingerprint density at radius 1 is 1.06 bits per heavy atom. The van der Waals surface area contributed by atoms with Crippen LogP contribution in [-0.2, 0) is 9.59 Å². The first-order valence-electron chi connectivity index (χ1n) is 15.8. The molecule has 3 aliphatic heterocycles.